The molecule has 0 unspecified atom stereocenters. The minimum Gasteiger partial charge on any atom is -0.381 e. The molecule has 3 aromatic heterocycles. The maximum Gasteiger partial charge on any atom is 0.258 e. The van der Waals surface area contributed by atoms with E-state index in [0.29, 0.717) is 39.4 Å². The molecular formula is C21H21ClN6O2. The first-order valence-corrected chi connectivity index (χ1v) is 10.1. The fraction of sp³-hybridized carbons (Fsp3) is 0.286. The van der Waals surface area contributed by atoms with E-state index < -0.39 is 0 Å². The molecule has 1 aliphatic heterocycles. The number of amides is 1. The van der Waals surface area contributed by atoms with Gasteiger partial charge in [-0.15, -0.1) is 0 Å². The van der Waals surface area contributed by atoms with Gasteiger partial charge in [-0.1, -0.05) is 11.6 Å². The first kappa shape index (κ1) is 20.2. The zero-order chi connectivity index (χ0) is 20.8. The van der Waals surface area contributed by atoms with E-state index >= 15 is 0 Å². The Labute approximate surface area is 179 Å². The van der Waals surface area contributed by atoms with Gasteiger partial charge in [0.15, 0.2) is 0 Å². The second-order valence-electron chi connectivity index (χ2n) is 6.97. The molecule has 2 N–H and O–H groups in total. The molecule has 0 bridgehead atoms. The Balaban J connectivity index is 1.49. The van der Waals surface area contributed by atoms with Crippen molar-refractivity contribution in [3.8, 4) is 11.3 Å². The van der Waals surface area contributed by atoms with Gasteiger partial charge in [0.25, 0.3) is 5.91 Å². The smallest absolute Gasteiger partial charge is 0.258 e. The summed E-state index contributed by atoms with van der Waals surface area (Å²) in [5, 5.41) is 6.52. The summed E-state index contributed by atoms with van der Waals surface area (Å²) in [7, 11) is 0. The molecule has 8 nitrogen and oxygen atoms in total. The normalized spacial score (nSPS) is 14.3. The van der Waals surface area contributed by atoms with Gasteiger partial charge in [-0.2, -0.15) is 0 Å². The molecule has 0 aliphatic carbocycles. The van der Waals surface area contributed by atoms with Crippen LogP contribution in [0.2, 0.25) is 5.02 Å². The largest absolute Gasteiger partial charge is 0.381 e. The van der Waals surface area contributed by atoms with E-state index in [2.05, 4.69) is 30.6 Å². The molecule has 1 amide bonds. The number of nitrogens with zero attached hydrogens (tertiary/aromatic N) is 4. The Kier molecular flexibility index (Phi) is 6.46. The lowest BCUT2D eigenvalue weighted by atomic mass is 10.0. The molecule has 1 aliphatic rings. The highest BCUT2D eigenvalue weighted by Crippen LogP contribution is 2.28. The topological polar surface area (TPSA) is 102 Å². The number of halogens is 1. The van der Waals surface area contributed by atoms with E-state index in [1.807, 2.05) is 0 Å². The van der Waals surface area contributed by atoms with Gasteiger partial charge in [-0.05, 0) is 37.0 Å². The van der Waals surface area contributed by atoms with Crippen molar-refractivity contribution in [2.24, 2.45) is 5.92 Å². The molecule has 154 valence electrons. The summed E-state index contributed by atoms with van der Waals surface area (Å²) in [6, 6.07) is 5.06. The van der Waals surface area contributed by atoms with E-state index in [0.717, 1.165) is 32.6 Å². The van der Waals surface area contributed by atoms with Gasteiger partial charge >= 0.3 is 0 Å². The van der Waals surface area contributed by atoms with Crippen LogP contribution in [0.5, 0.6) is 0 Å². The quantitative estimate of drug-likeness (QED) is 0.622. The average molecular weight is 425 g/mol. The van der Waals surface area contributed by atoms with Crippen LogP contribution < -0.4 is 10.6 Å². The molecule has 3 aromatic rings. The number of hydrogen-bond donors (Lipinski definition) is 2. The number of carbonyl (C=O) groups excluding carboxylic acids is 1. The van der Waals surface area contributed by atoms with Crippen molar-refractivity contribution in [3.63, 3.8) is 0 Å². The Morgan fingerprint density at radius 2 is 2.00 bits per heavy atom. The SMILES string of the molecule is O=C(Nc1cc(-c2cncc(NCC3CCOCC3)n2)c(Cl)cn1)c1cccnc1. The van der Waals surface area contributed by atoms with Crippen molar-refractivity contribution < 1.29 is 9.53 Å². The number of ether oxygens (including phenoxy) is 1. The molecule has 4 rings (SSSR count). The number of anilines is 2. The number of nitrogens with one attached hydrogen (secondary N) is 2. The van der Waals surface area contributed by atoms with Crippen LogP contribution in [0.1, 0.15) is 23.2 Å². The predicted octanol–water partition coefficient (Wildman–Crippen LogP) is 3.68. The second kappa shape index (κ2) is 9.60. The molecule has 4 heterocycles. The lowest BCUT2D eigenvalue weighted by Gasteiger charge is -2.22. The molecule has 9 heteroatoms. The lowest BCUT2D eigenvalue weighted by Crippen LogP contribution is -2.23. The maximum absolute atomic E-state index is 12.4. The summed E-state index contributed by atoms with van der Waals surface area (Å²) in [5.74, 6) is 1.29. The minimum atomic E-state index is -0.304. The lowest BCUT2D eigenvalue weighted by molar-refractivity contribution is 0.0699. The molecule has 0 radical (unpaired) electrons. The summed E-state index contributed by atoms with van der Waals surface area (Å²) >= 11 is 6.35. The van der Waals surface area contributed by atoms with Crippen LogP contribution in [-0.2, 0) is 4.74 Å². The molecular weight excluding hydrogens is 404 g/mol. The van der Waals surface area contributed by atoms with Gasteiger partial charge in [-0.3, -0.25) is 14.8 Å². The van der Waals surface area contributed by atoms with Gasteiger partial charge in [-0.25, -0.2) is 9.97 Å². The highest BCUT2D eigenvalue weighted by atomic mass is 35.5. The molecule has 0 saturated carbocycles. The highest BCUT2D eigenvalue weighted by molar-refractivity contribution is 6.33. The van der Waals surface area contributed by atoms with Crippen molar-refractivity contribution in [2.45, 2.75) is 12.8 Å². The van der Waals surface area contributed by atoms with Gasteiger partial charge in [0.05, 0.1) is 28.7 Å². The Morgan fingerprint density at radius 3 is 2.80 bits per heavy atom. The Morgan fingerprint density at radius 1 is 1.13 bits per heavy atom. The van der Waals surface area contributed by atoms with Gasteiger partial charge in [0, 0.05) is 43.9 Å². The second-order valence-corrected chi connectivity index (χ2v) is 7.38. The van der Waals surface area contributed by atoms with Crippen molar-refractivity contribution in [2.75, 3.05) is 30.4 Å². The molecule has 1 fully saturated rings. The van der Waals surface area contributed by atoms with Gasteiger partial charge in [0.1, 0.15) is 11.6 Å². The average Bonchev–Trinajstić information content (AvgIpc) is 2.80. The number of hydrogen-bond acceptors (Lipinski definition) is 7. The fourth-order valence-corrected chi connectivity index (χ4v) is 3.37. The third-order valence-electron chi connectivity index (χ3n) is 4.84. The van der Waals surface area contributed by atoms with Crippen molar-refractivity contribution in [1.82, 2.24) is 19.9 Å². The predicted molar refractivity (Wildman–Crippen MR) is 114 cm³/mol. The molecule has 30 heavy (non-hydrogen) atoms. The van der Waals surface area contributed by atoms with Crippen LogP contribution in [-0.4, -0.2) is 45.6 Å². The highest BCUT2D eigenvalue weighted by Gasteiger charge is 2.15. The van der Waals surface area contributed by atoms with Crippen molar-refractivity contribution >= 4 is 29.1 Å². The van der Waals surface area contributed by atoms with Crippen molar-refractivity contribution in [3.05, 3.63) is 59.8 Å². The number of aromatic nitrogens is 4. The van der Waals surface area contributed by atoms with Crippen molar-refractivity contribution in [1.29, 1.82) is 0 Å². The van der Waals surface area contributed by atoms with Gasteiger partial charge in [0.2, 0.25) is 0 Å². The van der Waals surface area contributed by atoms with E-state index in [4.69, 9.17) is 16.3 Å². The van der Waals surface area contributed by atoms with Crippen LogP contribution in [0.15, 0.2) is 49.2 Å². The van der Waals surface area contributed by atoms with E-state index in [1.54, 1.807) is 36.8 Å². The third kappa shape index (κ3) is 5.08. The van der Waals surface area contributed by atoms with Crippen LogP contribution in [0.3, 0.4) is 0 Å². The maximum atomic E-state index is 12.4. The summed E-state index contributed by atoms with van der Waals surface area (Å²) < 4.78 is 5.40. The molecule has 1 saturated heterocycles. The zero-order valence-electron chi connectivity index (χ0n) is 16.2. The molecule has 0 spiro atoms. The van der Waals surface area contributed by atoms with E-state index in [9.17, 15) is 4.79 Å². The van der Waals surface area contributed by atoms with Crippen LogP contribution in [0.25, 0.3) is 11.3 Å². The van der Waals surface area contributed by atoms with Gasteiger partial charge < -0.3 is 15.4 Å². The zero-order valence-corrected chi connectivity index (χ0v) is 17.0. The van der Waals surface area contributed by atoms with E-state index in [1.165, 1.54) is 12.4 Å². The first-order chi connectivity index (χ1) is 14.7. The van der Waals surface area contributed by atoms with Crippen LogP contribution in [0.4, 0.5) is 11.6 Å². The summed E-state index contributed by atoms with van der Waals surface area (Å²) in [6.45, 7) is 2.43. The molecule has 0 atom stereocenters. The van der Waals surface area contributed by atoms with E-state index in [-0.39, 0.29) is 5.91 Å². The number of rotatable bonds is 6. The first-order valence-electron chi connectivity index (χ1n) is 9.70. The standard InChI is InChI=1S/C21H21ClN6O2/c22-17-11-26-19(28-21(29)15-2-1-5-23-10-15)8-16(17)18-12-24-13-20(27-18)25-9-14-3-6-30-7-4-14/h1-2,5,8,10-14H,3-4,6-7,9H2,(H,25,27)(H,26,28,29). The number of carbonyl (C=O) groups is 1. The summed E-state index contributed by atoms with van der Waals surface area (Å²) in [4.78, 5) is 29.4. The summed E-state index contributed by atoms with van der Waals surface area (Å²) in [5.41, 5.74) is 1.67. The minimum absolute atomic E-state index is 0.304. The molecule has 0 aromatic carbocycles. The fourth-order valence-electron chi connectivity index (χ4n) is 3.17. The monoisotopic (exact) mass is 424 g/mol. The Bertz CT molecular complexity index is 1010. The third-order valence-corrected chi connectivity index (χ3v) is 5.15. The van der Waals surface area contributed by atoms with Crippen LogP contribution in [0, 0.1) is 5.92 Å². The Hall–Kier alpha value is -3.10. The number of pyridine rings is 2. The summed E-state index contributed by atoms with van der Waals surface area (Å²) in [6.07, 6.45) is 9.98. The van der Waals surface area contributed by atoms with Crippen LogP contribution >= 0.6 is 11.6 Å².